The predicted molar refractivity (Wildman–Crippen MR) is 58.6 cm³/mol. The van der Waals surface area contributed by atoms with Crippen LogP contribution in [0.4, 0.5) is 0 Å². The van der Waals surface area contributed by atoms with E-state index in [1.165, 1.54) is 51.4 Å². The molecule has 0 amide bonds. The van der Waals surface area contributed by atoms with Crippen molar-refractivity contribution in [3.63, 3.8) is 0 Å². The van der Waals surface area contributed by atoms with E-state index >= 15 is 0 Å². The van der Waals surface area contributed by atoms with Gasteiger partial charge in [-0.1, -0.05) is 51.9 Å². The molecule has 1 aliphatic rings. The fourth-order valence-corrected chi connectivity index (χ4v) is 2.44. The molecule has 1 atom stereocenters. The molecule has 0 aromatic heterocycles. The molecular formula is C12H25N. The van der Waals surface area contributed by atoms with Gasteiger partial charge in [0.1, 0.15) is 0 Å². The van der Waals surface area contributed by atoms with Gasteiger partial charge in [0.25, 0.3) is 0 Å². The SMILES string of the molecule is CCC(CN)CCC1CCCCC1. The Balaban J connectivity index is 2.09. The highest BCUT2D eigenvalue weighted by atomic mass is 14.5. The maximum Gasteiger partial charge on any atom is -0.00490 e. The summed E-state index contributed by atoms with van der Waals surface area (Å²) in [6, 6.07) is 0. The average Bonchev–Trinajstić information content (AvgIpc) is 2.21. The molecule has 1 aliphatic carbocycles. The first-order valence-electron chi connectivity index (χ1n) is 6.06. The van der Waals surface area contributed by atoms with Crippen molar-refractivity contribution in [2.75, 3.05) is 6.54 Å². The van der Waals surface area contributed by atoms with Crippen LogP contribution in [0.25, 0.3) is 0 Å². The van der Waals surface area contributed by atoms with Crippen LogP contribution < -0.4 is 5.73 Å². The topological polar surface area (TPSA) is 26.0 Å². The van der Waals surface area contributed by atoms with Crippen LogP contribution in [0.15, 0.2) is 0 Å². The first-order valence-corrected chi connectivity index (χ1v) is 6.06. The molecule has 2 N–H and O–H groups in total. The molecule has 1 nitrogen and oxygen atoms in total. The van der Waals surface area contributed by atoms with Crippen LogP contribution >= 0.6 is 0 Å². The van der Waals surface area contributed by atoms with Crippen molar-refractivity contribution in [1.82, 2.24) is 0 Å². The van der Waals surface area contributed by atoms with E-state index in [0.29, 0.717) is 0 Å². The summed E-state index contributed by atoms with van der Waals surface area (Å²) in [7, 11) is 0. The first-order chi connectivity index (χ1) is 6.36. The summed E-state index contributed by atoms with van der Waals surface area (Å²) in [5, 5.41) is 0. The lowest BCUT2D eigenvalue weighted by Crippen LogP contribution is -2.15. The fourth-order valence-electron chi connectivity index (χ4n) is 2.44. The standard InChI is InChI=1S/C12H25N/c1-2-11(10-13)8-9-12-6-4-3-5-7-12/h11-12H,2-10,13H2,1H3. The zero-order chi connectivity index (χ0) is 9.52. The maximum absolute atomic E-state index is 5.70. The van der Waals surface area contributed by atoms with Crippen LogP contribution in [0.1, 0.15) is 58.3 Å². The Bertz CT molecular complexity index is 112. The lowest BCUT2D eigenvalue weighted by atomic mass is 9.84. The van der Waals surface area contributed by atoms with Crippen molar-refractivity contribution in [3.05, 3.63) is 0 Å². The minimum atomic E-state index is 0.793. The van der Waals surface area contributed by atoms with Crippen molar-refractivity contribution < 1.29 is 0 Å². The van der Waals surface area contributed by atoms with Gasteiger partial charge >= 0.3 is 0 Å². The highest BCUT2D eigenvalue weighted by Crippen LogP contribution is 2.28. The Hall–Kier alpha value is -0.0400. The molecule has 1 saturated carbocycles. The molecule has 0 aromatic carbocycles. The van der Waals surface area contributed by atoms with Crippen LogP contribution in [0.5, 0.6) is 0 Å². The Morgan fingerprint density at radius 2 is 1.92 bits per heavy atom. The molecule has 0 radical (unpaired) electrons. The maximum atomic E-state index is 5.70. The summed E-state index contributed by atoms with van der Waals surface area (Å²) >= 11 is 0. The van der Waals surface area contributed by atoms with E-state index in [0.717, 1.165) is 18.4 Å². The van der Waals surface area contributed by atoms with Crippen LogP contribution in [0.2, 0.25) is 0 Å². The van der Waals surface area contributed by atoms with Gasteiger partial charge in [0.2, 0.25) is 0 Å². The summed E-state index contributed by atoms with van der Waals surface area (Å²) < 4.78 is 0. The van der Waals surface area contributed by atoms with Crippen LogP contribution in [0, 0.1) is 11.8 Å². The molecule has 0 aliphatic heterocycles. The van der Waals surface area contributed by atoms with Crippen molar-refractivity contribution in [2.24, 2.45) is 17.6 Å². The second kappa shape index (κ2) is 6.42. The molecule has 0 bridgehead atoms. The van der Waals surface area contributed by atoms with Gasteiger partial charge < -0.3 is 5.73 Å². The zero-order valence-electron chi connectivity index (χ0n) is 9.10. The van der Waals surface area contributed by atoms with Gasteiger partial charge in [-0.15, -0.1) is 0 Å². The van der Waals surface area contributed by atoms with E-state index in [-0.39, 0.29) is 0 Å². The Labute approximate surface area is 83.1 Å². The van der Waals surface area contributed by atoms with Crippen molar-refractivity contribution in [1.29, 1.82) is 0 Å². The molecule has 78 valence electrons. The molecule has 0 spiro atoms. The number of hydrogen-bond donors (Lipinski definition) is 1. The molecule has 13 heavy (non-hydrogen) atoms. The Morgan fingerprint density at radius 3 is 2.46 bits per heavy atom. The normalized spacial score (nSPS) is 21.7. The Kier molecular flexibility index (Phi) is 5.45. The lowest BCUT2D eigenvalue weighted by molar-refractivity contribution is 0.306. The largest absolute Gasteiger partial charge is 0.330 e. The predicted octanol–water partition coefficient (Wildman–Crippen LogP) is 3.33. The molecule has 0 saturated heterocycles. The molecule has 1 rings (SSSR count). The highest BCUT2D eigenvalue weighted by molar-refractivity contribution is 4.68. The summed E-state index contributed by atoms with van der Waals surface area (Å²) in [5.41, 5.74) is 5.70. The van der Waals surface area contributed by atoms with Gasteiger partial charge in [-0.25, -0.2) is 0 Å². The van der Waals surface area contributed by atoms with Crippen LogP contribution in [-0.2, 0) is 0 Å². The third-order valence-electron chi connectivity index (χ3n) is 3.62. The van der Waals surface area contributed by atoms with Crippen LogP contribution in [-0.4, -0.2) is 6.54 Å². The monoisotopic (exact) mass is 183 g/mol. The second-order valence-corrected chi connectivity index (χ2v) is 4.59. The van der Waals surface area contributed by atoms with Gasteiger partial charge in [0.15, 0.2) is 0 Å². The molecule has 0 aromatic rings. The van der Waals surface area contributed by atoms with E-state index in [1.54, 1.807) is 0 Å². The van der Waals surface area contributed by atoms with Crippen molar-refractivity contribution >= 4 is 0 Å². The Morgan fingerprint density at radius 1 is 1.23 bits per heavy atom. The summed E-state index contributed by atoms with van der Waals surface area (Å²) in [6.45, 7) is 3.15. The zero-order valence-corrected chi connectivity index (χ0v) is 9.10. The van der Waals surface area contributed by atoms with Crippen molar-refractivity contribution in [2.45, 2.75) is 58.3 Å². The van der Waals surface area contributed by atoms with Gasteiger partial charge in [0.05, 0.1) is 0 Å². The summed E-state index contributed by atoms with van der Waals surface area (Å²) in [5.74, 6) is 1.83. The van der Waals surface area contributed by atoms with Crippen molar-refractivity contribution in [3.8, 4) is 0 Å². The average molecular weight is 183 g/mol. The van der Waals surface area contributed by atoms with E-state index in [4.69, 9.17) is 5.73 Å². The second-order valence-electron chi connectivity index (χ2n) is 4.59. The molecule has 1 heteroatoms. The number of nitrogens with two attached hydrogens (primary N) is 1. The van der Waals surface area contributed by atoms with Gasteiger partial charge in [-0.3, -0.25) is 0 Å². The van der Waals surface area contributed by atoms with E-state index in [2.05, 4.69) is 6.92 Å². The van der Waals surface area contributed by atoms with Gasteiger partial charge in [0, 0.05) is 0 Å². The van der Waals surface area contributed by atoms with E-state index in [1.807, 2.05) is 0 Å². The third-order valence-corrected chi connectivity index (χ3v) is 3.62. The first kappa shape index (κ1) is 11.0. The quantitative estimate of drug-likeness (QED) is 0.695. The highest BCUT2D eigenvalue weighted by Gasteiger charge is 2.14. The fraction of sp³-hybridized carbons (Fsp3) is 1.00. The van der Waals surface area contributed by atoms with E-state index < -0.39 is 0 Å². The number of hydrogen-bond acceptors (Lipinski definition) is 1. The van der Waals surface area contributed by atoms with Gasteiger partial charge in [-0.05, 0) is 24.8 Å². The molecular weight excluding hydrogens is 158 g/mol. The summed E-state index contributed by atoms with van der Waals surface area (Å²) in [6.07, 6.45) is 11.5. The minimum Gasteiger partial charge on any atom is -0.330 e. The van der Waals surface area contributed by atoms with Gasteiger partial charge in [-0.2, -0.15) is 0 Å². The lowest BCUT2D eigenvalue weighted by Gasteiger charge is -2.23. The molecule has 0 heterocycles. The minimum absolute atomic E-state index is 0.793. The number of rotatable bonds is 5. The van der Waals surface area contributed by atoms with Crippen LogP contribution in [0.3, 0.4) is 0 Å². The molecule has 1 unspecified atom stereocenters. The summed E-state index contributed by atoms with van der Waals surface area (Å²) in [4.78, 5) is 0. The third kappa shape index (κ3) is 4.12. The van der Waals surface area contributed by atoms with E-state index in [9.17, 15) is 0 Å². The smallest absolute Gasteiger partial charge is 0.00490 e. The molecule has 1 fully saturated rings.